The van der Waals surface area contributed by atoms with E-state index in [0.29, 0.717) is 18.8 Å². The molecular weight excluding hydrogens is 284 g/mol. The van der Waals surface area contributed by atoms with E-state index < -0.39 is 6.10 Å². The number of rotatable bonds is 8. The molecule has 1 aromatic heterocycles. The van der Waals surface area contributed by atoms with E-state index in [4.69, 9.17) is 0 Å². The van der Waals surface area contributed by atoms with Gasteiger partial charge in [-0.2, -0.15) is 0 Å². The molecule has 1 unspecified atom stereocenters. The zero-order valence-electron chi connectivity index (χ0n) is 12.1. The van der Waals surface area contributed by atoms with Crippen molar-refractivity contribution in [3.63, 3.8) is 0 Å². The van der Waals surface area contributed by atoms with Crippen LogP contribution in [0.2, 0.25) is 0 Å². The molecule has 0 aliphatic heterocycles. The molecule has 0 saturated carbocycles. The van der Waals surface area contributed by atoms with Crippen molar-refractivity contribution in [2.75, 3.05) is 12.8 Å². The van der Waals surface area contributed by atoms with Crippen molar-refractivity contribution in [2.45, 2.75) is 24.3 Å². The number of nitrogens with zero attached hydrogens (tertiary/aromatic N) is 3. The first-order chi connectivity index (χ1) is 10.3. The Bertz CT molecular complexity index is 570. The third kappa shape index (κ3) is 4.17. The maximum atomic E-state index is 10.2. The van der Waals surface area contributed by atoms with Gasteiger partial charge in [-0.3, -0.25) is 0 Å². The fraction of sp³-hybridized carbons (Fsp3) is 0.333. The molecule has 1 aromatic carbocycles. The molecule has 0 spiro atoms. The van der Waals surface area contributed by atoms with Crippen LogP contribution in [-0.4, -0.2) is 32.7 Å². The Morgan fingerprint density at radius 1 is 1.38 bits per heavy atom. The van der Waals surface area contributed by atoms with E-state index >= 15 is 0 Å². The Balaban J connectivity index is 2.04. The van der Waals surface area contributed by atoms with Crippen LogP contribution in [0.25, 0.3) is 0 Å². The van der Waals surface area contributed by atoms with Crippen molar-refractivity contribution in [1.29, 1.82) is 0 Å². The van der Waals surface area contributed by atoms with Gasteiger partial charge in [0.2, 0.25) is 0 Å². The fourth-order valence-electron chi connectivity index (χ4n) is 1.95. The number of aliphatic hydroxyl groups excluding tert-OH is 1. The molecule has 0 saturated heterocycles. The van der Waals surface area contributed by atoms with E-state index in [-0.39, 0.29) is 0 Å². The highest BCUT2D eigenvalue weighted by Crippen LogP contribution is 2.24. The van der Waals surface area contributed by atoms with Gasteiger partial charge in [0.25, 0.3) is 0 Å². The lowest BCUT2D eigenvalue weighted by Crippen LogP contribution is -2.12. The molecule has 21 heavy (non-hydrogen) atoms. The predicted octanol–water partition coefficient (Wildman–Crippen LogP) is 2.01. The second kappa shape index (κ2) is 7.97. The summed E-state index contributed by atoms with van der Waals surface area (Å²) in [4.78, 5) is 0. The van der Waals surface area contributed by atoms with Crippen LogP contribution in [0.5, 0.6) is 0 Å². The highest BCUT2D eigenvalue weighted by molar-refractivity contribution is 7.99. The number of aromatic nitrogens is 3. The van der Waals surface area contributed by atoms with Crippen LogP contribution in [-0.2, 0) is 13.1 Å². The van der Waals surface area contributed by atoms with Crippen LogP contribution in [0, 0.1) is 0 Å². The molecule has 0 aliphatic carbocycles. The van der Waals surface area contributed by atoms with E-state index in [2.05, 4.69) is 22.1 Å². The second-order valence-electron chi connectivity index (χ2n) is 4.57. The lowest BCUT2D eigenvalue weighted by Gasteiger charge is -2.11. The molecule has 1 atom stereocenters. The van der Waals surface area contributed by atoms with Gasteiger partial charge in [0.1, 0.15) is 5.82 Å². The monoisotopic (exact) mass is 304 g/mol. The number of hydrogen-bond acceptors (Lipinski definition) is 5. The first kappa shape index (κ1) is 15.8. The average Bonchev–Trinajstić information content (AvgIpc) is 2.89. The Kier molecular flexibility index (Phi) is 5.98. The highest BCUT2D eigenvalue weighted by Gasteiger charge is 2.14. The Hall–Kier alpha value is -1.63. The van der Waals surface area contributed by atoms with Crippen LogP contribution in [0.4, 0.5) is 0 Å². The summed E-state index contributed by atoms with van der Waals surface area (Å²) >= 11 is 1.50. The van der Waals surface area contributed by atoms with E-state index in [9.17, 15) is 5.11 Å². The van der Waals surface area contributed by atoms with Crippen molar-refractivity contribution >= 4 is 11.8 Å². The summed E-state index contributed by atoms with van der Waals surface area (Å²) in [6, 6.07) is 9.63. The maximum absolute atomic E-state index is 10.2. The molecule has 0 aliphatic rings. The van der Waals surface area contributed by atoms with E-state index in [1.165, 1.54) is 11.8 Å². The average molecular weight is 304 g/mol. The molecule has 0 radical (unpaired) electrons. The standard InChI is InChI=1S/C15H20N4OS/c1-3-9-19-14(10-16-2)17-18-15(19)21-11-13(20)12-7-5-4-6-8-12/h3-8,13,16,20H,1,9-11H2,2H3. The van der Waals surface area contributed by atoms with Crippen LogP contribution in [0.3, 0.4) is 0 Å². The quantitative estimate of drug-likeness (QED) is 0.577. The topological polar surface area (TPSA) is 63.0 Å². The van der Waals surface area contributed by atoms with Gasteiger partial charge >= 0.3 is 0 Å². The van der Waals surface area contributed by atoms with Crippen LogP contribution in [0.1, 0.15) is 17.5 Å². The summed E-state index contributed by atoms with van der Waals surface area (Å²) < 4.78 is 2.01. The summed E-state index contributed by atoms with van der Waals surface area (Å²) in [5.41, 5.74) is 0.912. The van der Waals surface area contributed by atoms with Gasteiger partial charge in [-0.05, 0) is 12.6 Å². The molecule has 112 valence electrons. The third-order valence-electron chi connectivity index (χ3n) is 2.99. The molecule has 2 aromatic rings. The zero-order chi connectivity index (χ0) is 15.1. The fourth-order valence-corrected chi connectivity index (χ4v) is 2.89. The van der Waals surface area contributed by atoms with Crippen molar-refractivity contribution < 1.29 is 5.11 Å². The number of nitrogens with one attached hydrogen (secondary N) is 1. The molecule has 0 fully saturated rings. The Morgan fingerprint density at radius 2 is 2.14 bits per heavy atom. The zero-order valence-corrected chi connectivity index (χ0v) is 12.9. The van der Waals surface area contributed by atoms with Crippen LogP contribution >= 0.6 is 11.8 Å². The Morgan fingerprint density at radius 3 is 2.81 bits per heavy atom. The van der Waals surface area contributed by atoms with Gasteiger partial charge in [-0.1, -0.05) is 48.2 Å². The molecule has 2 N–H and O–H groups in total. The minimum absolute atomic E-state index is 0.516. The van der Waals surface area contributed by atoms with Gasteiger partial charge in [0.05, 0.1) is 12.6 Å². The van der Waals surface area contributed by atoms with Crippen LogP contribution < -0.4 is 5.32 Å². The van der Waals surface area contributed by atoms with E-state index in [1.54, 1.807) is 0 Å². The van der Waals surface area contributed by atoms with Crippen LogP contribution in [0.15, 0.2) is 48.1 Å². The highest BCUT2D eigenvalue weighted by atomic mass is 32.2. The largest absolute Gasteiger partial charge is 0.388 e. The number of aliphatic hydroxyl groups is 1. The lowest BCUT2D eigenvalue weighted by atomic mass is 10.1. The summed E-state index contributed by atoms with van der Waals surface area (Å²) in [5, 5.41) is 22.4. The number of thioether (sulfide) groups is 1. The summed E-state index contributed by atoms with van der Waals surface area (Å²) in [7, 11) is 1.87. The van der Waals surface area contributed by atoms with Gasteiger partial charge in [-0.15, -0.1) is 16.8 Å². The Labute approximate surface area is 129 Å². The molecule has 0 amide bonds. The molecular formula is C15H20N4OS. The smallest absolute Gasteiger partial charge is 0.191 e. The predicted molar refractivity (Wildman–Crippen MR) is 85.1 cm³/mol. The molecule has 5 nitrogen and oxygen atoms in total. The van der Waals surface area contributed by atoms with Crippen molar-refractivity contribution in [3.05, 3.63) is 54.4 Å². The first-order valence-corrected chi connectivity index (χ1v) is 7.78. The number of hydrogen-bond donors (Lipinski definition) is 2. The molecule has 2 rings (SSSR count). The van der Waals surface area contributed by atoms with Crippen molar-refractivity contribution in [3.8, 4) is 0 Å². The molecule has 6 heteroatoms. The normalized spacial score (nSPS) is 12.3. The summed E-state index contributed by atoms with van der Waals surface area (Å²) in [6.07, 6.45) is 1.30. The van der Waals surface area contributed by atoms with Gasteiger partial charge in [0.15, 0.2) is 5.16 Å². The minimum Gasteiger partial charge on any atom is -0.388 e. The summed E-state index contributed by atoms with van der Waals surface area (Å²) in [5.74, 6) is 1.41. The van der Waals surface area contributed by atoms with Crippen molar-refractivity contribution in [2.24, 2.45) is 0 Å². The first-order valence-electron chi connectivity index (χ1n) is 6.79. The number of allylic oxidation sites excluding steroid dienone is 1. The summed E-state index contributed by atoms with van der Waals surface area (Å²) in [6.45, 7) is 5.08. The van der Waals surface area contributed by atoms with E-state index in [0.717, 1.165) is 16.5 Å². The third-order valence-corrected chi connectivity index (χ3v) is 4.04. The SMILES string of the molecule is C=CCn1c(CNC)nnc1SCC(O)c1ccccc1. The molecule has 1 heterocycles. The van der Waals surface area contributed by atoms with Gasteiger partial charge in [0, 0.05) is 12.3 Å². The molecule has 0 bridgehead atoms. The van der Waals surface area contributed by atoms with E-state index in [1.807, 2.05) is 48.0 Å². The van der Waals surface area contributed by atoms with Gasteiger partial charge in [-0.25, -0.2) is 0 Å². The maximum Gasteiger partial charge on any atom is 0.191 e. The lowest BCUT2D eigenvalue weighted by molar-refractivity contribution is 0.204. The second-order valence-corrected chi connectivity index (χ2v) is 5.55. The minimum atomic E-state index is -0.516. The number of benzene rings is 1. The van der Waals surface area contributed by atoms with Crippen molar-refractivity contribution in [1.82, 2.24) is 20.1 Å². The van der Waals surface area contributed by atoms with Gasteiger partial charge < -0.3 is 15.0 Å².